The molecule has 5 heteroatoms. The van der Waals surface area contributed by atoms with Crippen LogP contribution in [0.5, 0.6) is 0 Å². The van der Waals surface area contributed by atoms with Gasteiger partial charge >= 0.3 is 0 Å². The fourth-order valence-corrected chi connectivity index (χ4v) is 1.15. The van der Waals surface area contributed by atoms with Crippen molar-refractivity contribution in [3.8, 4) is 6.07 Å². The van der Waals surface area contributed by atoms with Crippen molar-refractivity contribution in [2.45, 2.75) is 12.8 Å². The zero-order valence-corrected chi connectivity index (χ0v) is 7.76. The highest BCUT2D eigenvalue weighted by Gasteiger charge is 2.11. The minimum Gasteiger partial charge on any atom is -0.370 e. The highest BCUT2D eigenvalue weighted by molar-refractivity contribution is 5.74. The Labute approximate surface area is 85.1 Å². The molecule has 0 saturated carbocycles. The number of benzene rings is 1. The molecule has 78 valence electrons. The van der Waals surface area contributed by atoms with Crippen LogP contribution in [-0.4, -0.2) is 5.91 Å². The third-order valence-electron chi connectivity index (χ3n) is 1.89. The number of hydrogen-bond acceptors (Lipinski definition) is 2. The van der Waals surface area contributed by atoms with Crippen molar-refractivity contribution in [3.05, 3.63) is 34.9 Å². The summed E-state index contributed by atoms with van der Waals surface area (Å²) < 4.78 is 26.4. The first-order valence-electron chi connectivity index (χ1n) is 4.21. The van der Waals surface area contributed by atoms with Gasteiger partial charge in [-0.1, -0.05) is 0 Å². The summed E-state index contributed by atoms with van der Waals surface area (Å²) in [6, 6.07) is 3.49. The lowest BCUT2D eigenvalue weighted by Crippen LogP contribution is -2.12. The summed E-state index contributed by atoms with van der Waals surface area (Å²) in [5, 5.41) is 8.44. The van der Waals surface area contributed by atoms with Crippen LogP contribution in [0.1, 0.15) is 17.5 Å². The molecule has 0 unspecified atom stereocenters. The zero-order chi connectivity index (χ0) is 11.4. The number of carbonyl (C=O) groups excluding carboxylic acids is 1. The number of nitrogens with zero attached hydrogens (tertiary/aromatic N) is 1. The van der Waals surface area contributed by atoms with Crippen molar-refractivity contribution in [1.82, 2.24) is 0 Å². The van der Waals surface area contributed by atoms with Gasteiger partial charge in [0.15, 0.2) is 0 Å². The molecule has 1 amide bonds. The Balaban J connectivity index is 2.99. The van der Waals surface area contributed by atoms with Crippen LogP contribution < -0.4 is 5.73 Å². The van der Waals surface area contributed by atoms with Gasteiger partial charge in [-0.3, -0.25) is 4.79 Å². The van der Waals surface area contributed by atoms with Gasteiger partial charge in [-0.15, -0.1) is 0 Å². The second-order valence-electron chi connectivity index (χ2n) is 3.00. The molecule has 3 nitrogen and oxygen atoms in total. The van der Waals surface area contributed by atoms with Crippen LogP contribution in [0.25, 0.3) is 0 Å². The lowest BCUT2D eigenvalue weighted by molar-refractivity contribution is -0.118. The Hall–Kier alpha value is -1.96. The van der Waals surface area contributed by atoms with Crippen LogP contribution in [0.15, 0.2) is 12.1 Å². The lowest BCUT2D eigenvalue weighted by atomic mass is 10.1. The van der Waals surface area contributed by atoms with Crippen molar-refractivity contribution >= 4 is 5.91 Å². The van der Waals surface area contributed by atoms with E-state index in [1.807, 2.05) is 0 Å². The first-order chi connectivity index (χ1) is 7.04. The number of primary amides is 1. The molecule has 0 aromatic heterocycles. The summed E-state index contributed by atoms with van der Waals surface area (Å²) in [6.45, 7) is 0. The molecule has 0 aliphatic rings. The summed E-state index contributed by atoms with van der Waals surface area (Å²) in [6.07, 6.45) is -0.224. The van der Waals surface area contributed by atoms with Crippen molar-refractivity contribution in [3.63, 3.8) is 0 Å². The van der Waals surface area contributed by atoms with Gasteiger partial charge in [0, 0.05) is 12.0 Å². The van der Waals surface area contributed by atoms with E-state index in [9.17, 15) is 13.6 Å². The maximum Gasteiger partial charge on any atom is 0.217 e. The fourth-order valence-electron chi connectivity index (χ4n) is 1.15. The molecule has 0 radical (unpaired) electrons. The van der Waals surface area contributed by atoms with E-state index in [1.165, 1.54) is 0 Å². The molecule has 0 heterocycles. The van der Waals surface area contributed by atoms with E-state index >= 15 is 0 Å². The van der Waals surface area contributed by atoms with E-state index < -0.39 is 17.5 Å². The molecule has 0 aliphatic heterocycles. The Kier molecular flexibility index (Phi) is 3.34. The monoisotopic (exact) mass is 210 g/mol. The number of rotatable bonds is 3. The second-order valence-corrected chi connectivity index (χ2v) is 3.00. The highest BCUT2D eigenvalue weighted by atomic mass is 19.1. The average Bonchev–Trinajstić information content (AvgIpc) is 2.15. The Morgan fingerprint density at radius 1 is 1.40 bits per heavy atom. The largest absolute Gasteiger partial charge is 0.370 e. The molecular weight excluding hydrogens is 202 g/mol. The van der Waals surface area contributed by atoms with Gasteiger partial charge in [-0.05, 0) is 18.6 Å². The van der Waals surface area contributed by atoms with E-state index in [-0.39, 0.29) is 24.0 Å². The third kappa shape index (κ3) is 2.74. The van der Waals surface area contributed by atoms with Crippen LogP contribution in [0, 0.1) is 23.0 Å². The molecule has 1 aromatic carbocycles. The molecule has 0 saturated heterocycles. The van der Waals surface area contributed by atoms with Gasteiger partial charge in [0.1, 0.15) is 11.6 Å². The molecule has 0 bridgehead atoms. The molecule has 0 fully saturated rings. The van der Waals surface area contributed by atoms with Crippen LogP contribution in [0.2, 0.25) is 0 Å². The summed E-state index contributed by atoms with van der Waals surface area (Å²) in [4.78, 5) is 10.4. The topological polar surface area (TPSA) is 66.9 Å². The minimum atomic E-state index is -0.826. The lowest BCUT2D eigenvalue weighted by Gasteiger charge is -2.03. The maximum atomic E-state index is 13.2. The number of carbonyl (C=O) groups is 1. The van der Waals surface area contributed by atoms with Crippen molar-refractivity contribution < 1.29 is 13.6 Å². The average molecular weight is 210 g/mol. The van der Waals surface area contributed by atoms with Crippen molar-refractivity contribution in [2.75, 3.05) is 0 Å². The van der Waals surface area contributed by atoms with Gasteiger partial charge in [-0.2, -0.15) is 5.26 Å². The standard InChI is InChI=1S/C10H8F2N2O/c11-8-3-6(5-13)4-9(12)7(8)1-2-10(14)15/h3-4H,1-2H2,(H2,14,15). The van der Waals surface area contributed by atoms with Gasteiger partial charge in [0.25, 0.3) is 0 Å². The molecule has 2 N–H and O–H groups in total. The SMILES string of the molecule is N#Cc1cc(F)c(CCC(N)=O)c(F)c1. The van der Waals surface area contributed by atoms with Gasteiger partial charge < -0.3 is 5.73 Å². The van der Waals surface area contributed by atoms with Crippen molar-refractivity contribution in [1.29, 1.82) is 5.26 Å². The van der Waals surface area contributed by atoms with E-state index in [2.05, 4.69) is 0 Å². The van der Waals surface area contributed by atoms with E-state index in [0.29, 0.717) is 0 Å². The summed E-state index contributed by atoms with van der Waals surface area (Å²) >= 11 is 0. The molecule has 0 atom stereocenters. The van der Waals surface area contributed by atoms with Crippen LogP contribution in [-0.2, 0) is 11.2 Å². The Morgan fingerprint density at radius 3 is 2.33 bits per heavy atom. The number of hydrogen-bond donors (Lipinski definition) is 1. The predicted octanol–water partition coefficient (Wildman–Crippen LogP) is 1.25. The predicted molar refractivity (Wildman–Crippen MR) is 48.6 cm³/mol. The number of halogens is 2. The molecule has 1 aromatic rings. The smallest absolute Gasteiger partial charge is 0.217 e. The quantitative estimate of drug-likeness (QED) is 0.815. The van der Waals surface area contributed by atoms with Crippen molar-refractivity contribution in [2.24, 2.45) is 5.73 Å². The van der Waals surface area contributed by atoms with Gasteiger partial charge in [0.05, 0.1) is 11.6 Å². The normalized spacial score (nSPS) is 9.67. The second kappa shape index (κ2) is 4.51. The summed E-state index contributed by atoms with van der Waals surface area (Å²) in [5.41, 5.74) is 4.56. The third-order valence-corrected chi connectivity index (χ3v) is 1.89. The van der Waals surface area contributed by atoms with E-state index in [0.717, 1.165) is 12.1 Å². The molecule has 1 rings (SSSR count). The molecular formula is C10H8F2N2O. The zero-order valence-electron chi connectivity index (χ0n) is 7.76. The maximum absolute atomic E-state index is 13.2. The van der Waals surface area contributed by atoms with Gasteiger partial charge in [-0.25, -0.2) is 8.78 Å². The molecule has 0 spiro atoms. The number of amides is 1. The van der Waals surface area contributed by atoms with Crippen LogP contribution in [0.4, 0.5) is 8.78 Å². The first kappa shape index (κ1) is 11.1. The van der Waals surface area contributed by atoms with Crippen LogP contribution in [0.3, 0.4) is 0 Å². The minimum absolute atomic E-state index is 0.0900. The summed E-state index contributed by atoms with van der Waals surface area (Å²) in [5.74, 6) is -2.28. The number of nitriles is 1. The molecule has 0 aliphatic carbocycles. The fraction of sp³-hybridized carbons (Fsp3) is 0.200. The summed E-state index contributed by atoms with van der Waals surface area (Å²) in [7, 11) is 0. The first-order valence-corrected chi connectivity index (χ1v) is 4.21. The van der Waals surface area contributed by atoms with E-state index in [4.69, 9.17) is 11.0 Å². The van der Waals surface area contributed by atoms with Crippen LogP contribution >= 0.6 is 0 Å². The Bertz CT molecular complexity index is 415. The Morgan fingerprint density at radius 2 is 1.93 bits per heavy atom. The molecule has 15 heavy (non-hydrogen) atoms. The van der Waals surface area contributed by atoms with Gasteiger partial charge in [0.2, 0.25) is 5.91 Å². The number of nitrogens with two attached hydrogens (primary N) is 1. The van der Waals surface area contributed by atoms with E-state index in [1.54, 1.807) is 6.07 Å². The highest BCUT2D eigenvalue weighted by Crippen LogP contribution is 2.16.